The highest BCUT2D eigenvalue weighted by Gasteiger charge is 2.49. The second-order valence-corrected chi connectivity index (χ2v) is 8.17. The van der Waals surface area contributed by atoms with E-state index in [0.717, 1.165) is 25.1 Å². The highest BCUT2D eigenvalue weighted by Crippen LogP contribution is 2.45. The van der Waals surface area contributed by atoms with Crippen molar-refractivity contribution in [1.29, 1.82) is 0 Å². The van der Waals surface area contributed by atoms with Gasteiger partial charge in [0.05, 0.1) is 29.7 Å². The van der Waals surface area contributed by atoms with Gasteiger partial charge in [-0.1, -0.05) is 18.2 Å². The van der Waals surface area contributed by atoms with Gasteiger partial charge in [-0.3, -0.25) is 14.1 Å². The predicted molar refractivity (Wildman–Crippen MR) is 115 cm³/mol. The van der Waals surface area contributed by atoms with Crippen molar-refractivity contribution in [1.82, 2.24) is 14.4 Å². The summed E-state index contributed by atoms with van der Waals surface area (Å²) in [6, 6.07) is 4.43. The van der Waals surface area contributed by atoms with Gasteiger partial charge in [0.25, 0.3) is 5.91 Å². The number of aromatic nitrogens is 3. The number of fused-ring (bicyclic) bond motifs is 1. The molecule has 1 unspecified atom stereocenters. The molecular formula is C23H18F6N4O2. The molecule has 0 spiro atoms. The lowest BCUT2D eigenvalue weighted by molar-refractivity contribution is -0.274. The number of benzene rings is 1. The monoisotopic (exact) mass is 496 g/mol. The Morgan fingerprint density at radius 1 is 1.09 bits per heavy atom. The third kappa shape index (κ3) is 4.86. The van der Waals surface area contributed by atoms with Crippen molar-refractivity contribution in [3.05, 3.63) is 72.3 Å². The largest absolute Gasteiger partial charge is 0.573 e. The fourth-order valence-corrected chi connectivity index (χ4v) is 3.49. The lowest BCUT2D eigenvalue weighted by atomic mass is 9.81. The Kier molecular flexibility index (Phi) is 5.86. The zero-order valence-electron chi connectivity index (χ0n) is 18.4. The molecule has 0 saturated carbocycles. The topological polar surface area (TPSA) is 59.7 Å². The van der Waals surface area contributed by atoms with Crippen LogP contribution >= 0.6 is 0 Å². The SMILES string of the molecule is CN(C(=O)c1ccc(OC(F)(F)F)cc1)c1cn2c(C3=CCC(C)(C(F)(F)F)C=C3)cnc2cn1. The predicted octanol–water partition coefficient (Wildman–Crippen LogP) is 5.82. The van der Waals surface area contributed by atoms with E-state index in [-0.39, 0.29) is 17.8 Å². The Labute approximate surface area is 195 Å². The molecule has 2 heterocycles. The zero-order chi connectivity index (χ0) is 25.6. The number of alkyl halides is 6. The van der Waals surface area contributed by atoms with Gasteiger partial charge >= 0.3 is 12.5 Å². The molecule has 184 valence electrons. The number of halogens is 6. The van der Waals surface area contributed by atoms with E-state index >= 15 is 0 Å². The maximum absolute atomic E-state index is 13.3. The Morgan fingerprint density at radius 2 is 1.77 bits per heavy atom. The number of ether oxygens (including phenoxy) is 1. The first-order valence-corrected chi connectivity index (χ1v) is 10.2. The van der Waals surface area contributed by atoms with E-state index < -0.39 is 29.6 Å². The van der Waals surface area contributed by atoms with Crippen LogP contribution in [0.5, 0.6) is 5.75 Å². The smallest absolute Gasteiger partial charge is 0.406 e. The van der Waals surface area contributed by atoms with Crippen LogP contribution in [0.15, 0.2) is 61.1 Å². The molecule has 1 aromatic carbocycles. The first kappa shape index (κ1) is 24.3. The molecule has 1 aliphatic carbocycles. The van der Waals surface area contributed by atoms with Gasteiger partial charge < -0.3 is 4.74 Å². The van der Waals surface area contributed by atoms with Crippen molar-refractivity contribution in [2.75, 3.05) is 11.9 Å². The molecule has 2 aromatic heterocycles. The average molecular weight is 496 g/mol. The average Bonchev–Trinajstić information content (AvgIpc) is 3.20. The summed E-state index contributed by atoms with van der Waals surface area (Å²) >= 11 is 0. The fraction of sp³-hybridized carbons (Fsp3) is 0.261. The van der Waals surface area contributed by atoms with Gasteiger partial charge in [0.15, 0.2) is 11.5 Å². The number of hydrogen-bond acceptors (Lipinski definition) is 4. The molecule has 0 bridgehead atoms. The molecule has 4 rings (SSSR count). The molecule has 12 heteroatoms. The molecule has 1 amide bonds. The van der Waals surface area contributed by atoms with E-state index in [1.165, 1.54) is 54.8 Å². The first-order chi connectivity index (χ1) is 16.3. The maximum atomic E-state index is 13.3. The van der Waals surface area contributed by atoms with E-state index in [4.69, 9.17) is 0 Å². The molecule has 1 atom stereocenters. The van der Waals surface area contributed by atoms with Crippen molar-refractivity contribution in [2.45, 2.75) is 25.9 Å². The van der Waals surface area contributed by atoms with Crippen LogP contribution in [0.25, 0.3) is 11.2 Å². The number of carbonyl (C=O) groups is 1. The molecule has 35 heavy (non-hydrogen) atoms. The van der Waals surface area contributed by atoms with E-state index in [1.807, 2.05) is 0 Å². The summed E-state index contributed by atoms with van der Waals surface area (Å²) in [6.45, 7) is 1.12. The lowest BCUT2D eigenvalue weighted by Crippen LogP contribution is -2.33. The van der Waals surface area contributed by atoms with E-state index in [9.17, 15) is 31.1 Å². The quantitative estimate of drug-likeness (QED) is 0.428. The number of anilines is 1. The summed E-state index contributed by atoms with van der Waals surface area (Å²) in [5, 5.41) is 0. The van der Waals surface area contributed by atoms with Crippen LogP contribution in [0.1, 0.15) is 29.4 Å². The number of rotatable bonds is 4. The van der Waals surface area contributed by atoms with Crippen molar-refractivity contribution >= 4 is 22.9 Å². The van der Waals surface area contributed by atoms with Gasteiger partial charge in [0.2, 0.25) is 0 Å². The van der Waals surface area contributed by atoms with Crippen LogP contribution in [0.2, 0.25) is 0 Å². The minimum atomic E-state index is -4.85. The number of amides is 1. The van der Waals surface area contributed by atoms with Gasteiger partial charge in [-0.25, -0.2) is 9.97 Å². The summed E-state index contributed by atoms with van der Waals surface area (Å²) < 4.78 is 82.3. The van der Waals surface area contributed by atoms with Crippen LogP contribution in [0.3, 0.4) is 0 Å². The van der Waals surface area contributed by atoms with Gasteiger partial charge in [-0.05, 0) is 43.2 Å². The molecule has 0 aliphatic heterocycles. The second-order valence-electron chi connectivity index (χ2n) is 8.17. The number of imidazole rings is 1. The second kappa shape index (κ2) is 8.43. The van der Waals surface area contributed by atoms with Gasteiger partial charge in [0, 0.05) is 12.6 Å². The van der Waals surface area contributed by atoms with Crippen LogP contribution in [0.4, 0.5) is 32.2 Å². The van der Waals surface area contributed by atoms with Crippen molar-refractivity contribution < 1.29 is 35.9 Å². The van der Waals surface area contributed by atoms with Gasteiger partial charge in [0.1, 0.15) is 5.75 Å². The number of carbonyl (C=O) groups excluding carboxylic acids is 1. The molecule has 0 saturated heterocycles. The number of allylic oxidation sites excluding steroid dienone is 4. The molecule has 3 aromatic rings. The van der Waals surface area contributed by atoms with E-state index in [0.29, 0.717) is 16.9 Å². The van der Waals surface area contributed by atoms with Crippen molar-refractivity contribution in [3.63, 3.8) is 0 Å². The number of hydrogen-bond donors (Lipinski definition) is 0. The van der Waals surface area contributed by atoms with Crippen LogP contribution in [0, 0.1) is 5.41 Å². The van der Waals surface area contributed by atoms with E-state index in [1.54, 1.807) is 4.40 Å². The van der Waals surface area contributed by atoms with E-state index in [2.05, 4.69) is 14.7 Å². The summed E-state index contributed by atoms with van der Waals surface area (Å²) in [7, 11) is 1.43. The van der Waals surface area contributed by atoms with Gasteiger partial charge in [-0.2, -0.15) is 13.2 Å². The molecule has 6 nitrogen and oxygen atoms in total. The standard InChI is InChI=1S/C23H18F6N4O2/c1-21(22(24,25)26)9-7-14(8-10-21)17-11-30-18-12-31-19(13-33(17)18)32(2)20(34)15-3-5-16(6-4-15)35-23(27,28)29/h3-9,11-13H,10H2,1-2H3. The highest BCUT2D eigenvalue weighted by molar-refractivity contribution is 6.05. The Morgan fingerprint density at radius 3 is 2.34 bits per heavy atom. The summed E-state index contributed by atoms with van der Waals surface area (Å²) in [4.78, 5) is 22.4. The lowest BCUT2D eigenvalue weighted by Gasteiger charge is -2.30. The Hall–Kier alpha value is -3.83. The molecular weight excluding hydrogens is 478 g/mol. The molecule has 0 radical (unpaired) electrons. The Bertz CT molecular complexity index is 1320. The minimum Gasteiger partial charge on any atom is -0.406 e. The summed E-state index contributed by atoms with van der Waals surface area (Å²) in [6.07, 6.45) is -1.09. The van der Waals surface area contributed by atoms with Crippen molar-refractivity contribution in [2.24, 2.45) is 5.41 Å². The van der Waals surface area contributed by atoms with Crippen LogP contribution in [-0.4, -0.2) is 39.9 Å². The minimum absolute atomic E-state index is 0.0964. The fourth-order valence-electron chi connectivity index (χ4n) is 3.49. The van der Waals surface area contributed by atoms with Crippen LogP contribution < -0.4 is 9.64 Å². The third-order valence-electron chi connectivity index (χ3n) is 5.69. The maximum Gasteiger partial charge on any atom is 0.573 e. The summed E-state index contributed by atoms with van der Waals surface area (Å²) in [5.41, 5.74) is -0.406. The zero-order valence-corrected chi connectivity index (χ0v) is 18.4. The molecule has 1 aliphatic rings. The van der Waals surface area contributed by atoms with Crippen molar-refractivity contribution in [3.8, 4) is 5.75 Å². The Balaban J connectivity index is 1.58. The highest BCUT2D eigenvalue weighted by atomic mass is 19.4. The molecule has 0 N–H and O–H groups in total. The summed E-state index contributed by atoms with van der Waals surface area (Å²) in [5.74, 6) is -0.817. The number of nitrogens with zero attached hydrogens (tertiary/aromatic N) is 4. The molecule has 0 fully saturated rings. The normalized spacial score (nSPS) is 18.5. The first-order valence-electron chi connectivity index (χ1n) is 10.2. The third-order valence-corrected chi connectivity index (χ3v) is 5.69. The van der Waals surface area contributed by atoms with Gasteiger partial charge in [-0.15, -0.1) is 13.2 Å². The van der Waals surface area contributed by atoms with Crippen LogP contribution in [-0.2, 0) is 0 Å².